The van der Waals surface area contributed by atoms with E-state index >= 15 is 0 Å². The van der Waals surface area contributed by atoms with Gasteiger partial charge in [-0.25, -0.2) is 17.5 Å². The molecule has 2 heterocycles. The molecule has 2 aliphatic rings. The Kier molecular flexibility index (Phi) is 6.47. The van der Waals surface area contributed by atoms with Crippen molar-refractivity contribution in [2.24, 2.45) is 5.92 Å². The molecule has 0 spiro atoms. The van der Waals surface area contributed by atoms with E-state index in [9.17, 15) is 17.6 Å². The molecule has 1 amide bonds. The summed E-state index contributed by atoms with van der Waals surface area (Å²) >= 11 is 6.16. The summed E-state index contributed by atoms with van der Waals surface area (Å²) < 4.78 is 47.4. The maximum atomic E-state index is 13.8. The summed E-state index contributed by atoms with van der Waals surface area (Å²) in [7, 11) is -3.84. The number of fused-ring (bicyclic) bond motifs is 1. The van der Waals surface area contributed by atoms with Gasteiger partial charge in [0.2, 0.25) is 10.0 Å². The van der Waals surface area contributed by atoms with Gasteiger partial charge in [-0.15, -0.1) is 0 Å². The zero-order valence-corrected chi connectivity index (χ0v) is 18.3. The third kappa shape index (κ3) is 5.17. The zero-order valence-electron chi connectivity index (χ0n) is 16.7. The van der Waals surface area contributed by atoms with E-state index in [-0.39, 0.29) is 39.9 Å². The lowest BCUT2D eigenvalue weighted by molar-refractivity contribution is -0.118. The van der Waals surface area contributed by atoms with Crippen LogP contribution in [0.1, 0.15) is 18.4 Å². The molecule has 166 valence electrons. The molecule has 2 aliphatic heterocycles. The molecule has 0 bridgehead atoms. The number of anilines is 1. The number of nitrogens with zero attached hydrogens (tertiary/aromatic N) is 1. The van der Waals surface area contributed by atoms with Crippen LogP contribution in [0.5, 0.6) is 5.75 Å². The second kappa shape index (κ2) is 9.12. The smallest absolute Gasteiger partial charge is 0.262 e. The van der Waals surface area contributed by atoms with Crippen LogP contribution < -0.4 is 14.8 Å². The molecule has 1 fully saturated rings. The minimum Gasteiger partial charge on any atom is -0.482 e. The molecule has 31 heavy (non-hydrogen) atoms. The van der Waals surface area contributed by atoms with Gasteiger partial charge >= 0.3 is 0 Å². The van der Waals surface area contributed by atoms with Crippen LogP contribution in [0.15, 0.2) is 41.3 Å². The van der Waals surface area contributed by atoms with Crippen LogP contribution in [0.25, 0.3) is 0 Å². The topological polar surface area (TPSA) is 87.7 Å². The number of halogens is 2. The minimum atomic E-state index is -3.84. The van der Waals surface area contributed by atoms with Crippen LogP contribution in [-0.2, 0) is 21.4 Å². The van der Waals surface area contributed by atoms with E-state index in [0.29, 0.717) is 24.3 Å². The first-order valence-electron chi connectivity index (χ1n) is 10.0. The SMILES string of the molecule is O=C1COc2cc(S(=O)(=O)NCC3CCN(Cc4ccccc4F)CC3)c(Cl)cc2N1. The number of piperidine rings is 1. The average molecular weight is 468 g/mol. The number of benzene rings is 2. The van der Waals surface area contributed by atoms with E-state index in [1.807, 2.05) is 6.07 Å². The first kappa shape index (κ1) is 22.0. The van der Waals surface area contributed by atoms with Gasteiger partial charge in [-0.2, -0.15) is 0 Å². The summed E-state index contributed by atoms with van der Waals surface area (Å²) in [6, 6.07) is 9.45. The van der Waals surface area contributed by atoms with Crippen LogP contribution in [0, 0.1) is 11.7 Å². The molecular formula is C21H23ClFN3O4S. The lowest BCUT2D eigenvalue weighted by Gasteiger charge is -2.32. The molecule has 0 aliphatic carbocycles. The number of rotatable bonds is 6. The number of hydrogen-bond donors (Lipinski definition) is 2. The summed E-state index contributed by atoms with van der Waals surface area (Å²) in [6.07, 6.45) is 1.62. The van der Waals surface area contributed by atoms with Crippen molar-refractivity contribution in [2.45, 2.75) is 24.3 Å². The van der Waals surface area contributed by atoms with Gasteiger partial charge in [0.05, 0.1) is 10.7 Å². The number of nitrogens with one attached hydrogen (secondary N) is 2. The number of sulfonamides is 1. The van der Waals surface area contributed by atoms with Crippen LogP contribution in [0.3, 0.4) is 0 Å². The van der Waals surface area contributed by atoms with Gasteiger partial charge in [-0.3, -0.25) is 9.69 Å². The van der Waals surface area contributed by atoms with E-state index in [4.69, 9.17) is 16.3 Å². The first-order valence-corrected chi connectivity index (χ1v) is 11.9. The van der Waals surface area contributed by atoms with E-state index in [2.05, 4.69) is 14.9 Å². The van der Waals surface area contributed by atoms with Crippen LogP contribution in [-0.4, -0.2) is 45.5 Å². The lowest BCUT2D eigenvalue weighted by Crippen LogP contribution is -2.38. The van der Waals surface area contributed by atoms with Gasteiger partial charge in [0.1, 0.15) is 16.5 Å². The lowest BCUT2D eigenvalue weighted by atomic mass is 9.97. The zero-order chi connectivity index (χ0) is 22.0. The predicted octanol–water partition coefficient (Wildman–Crippen LogP) is 3.00. The predicted molar refractivity (Wildman–Crippen MR) is 115 cm³/mol. The third-order valence-electron chi connectivity index (χ3n) is 5.58. The van der Waals surface area contributed by atoms with Gasteiger partial charge in [-0.1, -0.05) is 29.8 Å². The van der Waals surface area contributed by atoms with Gasteiger partial charge in [0, 0.05) is 24.7 Å². The molecular weight excluding hydrogens is 445 g/mol. The Labute approximate surface area is 185 Å². The second-order valence-corrected chi connectivity index (χ2v) is 9.92. The third-order valence-corrected chi connectivity index (χ3v) is 7.47. The summed E-state index contributed by atoms with van der Waals surface area (Å²) in [5.74, 6) is -0.0779. The summed E-state index contributed by atoms with van der Waals surface area (Å²) in [5.41, 5.74) is 1.02. The van der Waals surface area contributed by atoms with E-state index in [1.54, 1.807) is 12.1 Å². The van der Waals surface area contributed by atoms with Crippen LogP contribution in [0.4, 0.5) is 10.1 Å². The largest absolute Gasteiger partial charge is 0.482 e. The highest BCUT2D eigenvalue weighted by molar-refractivity contribution is 7.89. The standard InChI is InChI=1S/C21H23ClFN3O4S/c22-16-9-18-19(30-13-21(27)25-18)10-20(16)31(28,29)24-11-14-5-7-26(8-6-14)12-15-3-1-2-4-17(15)23/h1-4,9-10,14,24H,5-8,11-13H2,(H,25,27). The number of amides is 1. The van der Waals surface area contributed by atoms with E-state index < -0.39 is 10.0 Å². The molecule has 7 nitrogen and oxygen atoms in total. The molecule has 0 atom stereocenters. The van der Waals surface area contributed by atoms with Crippen molar-refractivity contribution in [2.75, 3.05) is 31.6 Å². The normalized spacial score (nSPS) is 17.7. The van der Waals surface area contributed by atoms with Crippen molar-refractivity contribution < 1.29 is 22.3 Å². The van der Waals surface area contributed by atoms with E-state index in [0.717, 1.165) is 25.9 Å². The molecule has 0 saturated carbocycles. The van der Waals surface area contributed by atoms with Gasteiger partial charge in [-0.05, 0) is 44.0 Å². The highest BCUT2D eigenvalue weighted by Gasteiger charge is 2.26. The van der Waals surface area contributed by atoms with Crippen molar-refractivity contribution in [3.05, 3.63) is 52.8 Å². The van der Waals surface area contributed by atoms with Crippen molar-refractivity contribution >= 4 is 33.2 Å². The quantitative estimate of drug-likeness (QED) is 0.682. The molecule has 2 N–H and O–H groups in total. The molecule has 10 heteroatoms. The second-order valence-electron chi connectivity index (χ2n) is 7.78. The van der Waals surface area contributed by atoms with Crippen molar-refractivity contribution in [3.8, 4) is 5.75 Å². The summed E-state index contributed by atoms with van der Waals surface area (Å²) in [4.78, 5) is 13.5. The number of carbonyl (C=O) groups excluding carboxylic acids is 1. The summed E-state index contributed by atoms with van der Waals surface area (Å²) in [5, 5.41) is 2.61. The molecule has 0 aromatic heterocycles. The molecule has 1 saturated heterocycles. The molecule has 0 unspecified atom stereocenters. The van der Waals surface area contributed by atoms with Gasteiger partial charge < -0.3 is 10.1 Å². The average Bonchev–Trinajstić information content (AvgIpc) is 2.74. The van der Waals surface area contributed by atoms with Crippen molar-refractivity contribution in [1.82, 2.24) is 9.62 Å². The van der Waals surface area contributed by atoms with E-state index in [1.165, 1.54) is 18.2 Å². The van der Waals surface area contributed by atoms with Crippen LogP contribution >= 0.6 is 11.6 Å². The number of likely N-dealkylation sites (tertiary alicyclic amines) is 1. The Bertz CT molecular complexity index is 1090. The number of hydrogen-bond acceptors (Lipinski definition) is 5. The van der Waals surface area contributed by atoms with Gasteiger partial charge in [0.15, 0.2) is 6.61 Å². The Hall–Kier alpha value is -2.20. The Balaban J connectivity index is 1.33. The van der Waals surface area contributed by atoms with Gasteiger partial charge in [0.25, 0.3) is 5.91 Å². The Morgan fingerprint density at radius 1 is 1.23 bits per heavy atom. The first-order chi connectivity index (χ1) is 14.8. The number of carbonyl (C=O) groups is 1. The molecule has 2 aromatic rings. The Morgan fingerprint density at radius 3 is 2.71 bits per heavy atom. The van der Waals surface area contributed by atoms with Crippen molar-refractivity contribution in [1.29, 1.82) is 0 Å². The molecule has 2 aromatic carbocycles. The molecule has 4 rings (SSSR count). The van der Waals surface area contributed by atoms with Crippen molar-refractivity contribution in [3.63, 3.8) is 0 Å². The monoisotopic (exact) mass is 467 g/mol. The highest BCUT2D eigenvalue weighted by atomic mass is 35.5. The maximum absolute atomic E-state index is 13.8. The molecule has 0 radical (unpaired) electrons. The number of ether oxygens (including phenoxy) is 1. The fourth-order valence-electron chi connectivity index (χ4n) is 3.81. The Morgan fingerprint density at radius 2 is 1.97 bits per heavy atom. The minimum absolute atomic E-state index is 0.0109. The van der Waals surface area contributed by atoms with Crippen LogP contribution in [0.2, 0.25) is 5.02 Å². The fourth-order valence-corrected chi connectivity index (χ4v) is 5.47. The summed E-state index contributed by atoms with van der Waals surface area (Å²) in [6.45, 7) is 2.21. The highest BCUT2D eigenvalue weighted by Crippen LogP contribution is 2.35. The maximum Gasteiger partial charge on any atom is 0.262 e. The fraction of sp³-hybridized carbons (Fsp3) is 0.381.